The number of imidazole rings is 1. The number of fused-ring (bicyclic) bond motifs is 3. The van der Waals surface area contributed by atoms with Gasteiger partial charge in [-0.05, 0) is 37.4 Å². The van der Waals surface area contributed by atoms with E-state index in [9.17, 15) is 4.79 Å². The predicted octanol–water partition coefficient (Wildman–Crippen LogP) is 1.81. The van der Waals surface area contributed by atoms with Gasteiger partial charge in [-0.2, -0.15) is 0 Å². The van der Waals surface area contributed by atoms with Crippen molar-refractivity contribution in [3.63, 3.8) is 0 Å². The number of nitrogens with one attached hydrogen (secondary N) is 1. The van der Waals surface area contributed by atoms with Gasteiger partial charge in [0, 0.05) is 37.1 Å². The van der Waals surface area contributed by atoms with Gasteiger partial charge in [0.1, 0.15) is 10.8 Å². The van der Waals surface area contributed by atoms with Crippen LogP contribution in [-0.4, -0.2) is 45.9 Å². The summed E-state index contributed by atoms with van der Waals surface area (Å²) in [5, 5.41) is 3.59. The van der Waals surface area contributed by atoms with E-state index in [0.29, 0.717) is 16.4 Å². The Morgan fingerprint density at radius 3 is 3.19 bits per heavy atom. The Labute approximate surface area is 127 Å². The highest BCUT2D eigenvalue weighted by atomic mass is 35.5. The molecule has 2 aliphatic rings. The SMILES string of the molecule is O=C(N[C@@H]1CC2CCN(C2)C1)c1ccn2cc(Cl)nc2c1. The van der Waals surface area contributed by atoms with Gasteiger partial charge in [0.05, 0.1) is 0 Å². The van der Waals surface area contributed by atoms with Crippen LogP contribution >= 0.6 is 11.6 Å². The third-order valence-electron chi connectivity index (χ3n) is 4.49. The predicted molar refractivity (Wildman–Crippen MR) is 80.6 cm³/mol. The van der Waals surface area contributed by atoms with E-state index in [1.807, 2.05) is 10.6 Å². The molecule has 0 saturated carbocycles. The maximum atomic E-state index is 12.4. The molecule has 1 amide bonds. The molecule has 4 heterocycles. The first-order valence-electron chi connectivity index (χ1n) is 7.35. The summed E-state index contributed by atoms with van der Waals surface area (Å²) in [6, 6.07) is 3.84. The van der Waals surface area contributed by atoms with Crippen molar-refractivity contribution in [2.75, 3.05) is 19.6 Å². The van der Waals surface area contributed by atoms with E-state index in [0.717, 1.165) is 18.9 Å². The van der Waals surface area contributed by atoms with Gasteiger partial charge in [0.15, 0.2) is 0 Å². The Morgan fingerprint density at radius 2 is 2.33 bits per heavy atom. The van der Waals surface area contributed by atoms with Gasteiger partial charge in [-0.3, -0.25) is 4.79 Å². The van der Waals surface area contributed by atoms with Crippen LogP contribution in [0.3, 0.4) is 0 Å². The average molecular weight is 305 g/mol. The van der Waals surface area contributed by atoms with Gasteiger partial charge >= 0.3 is 0 Å². The summed E-state index contributed by atoms with van der Waals surface area (Å²) >= 11 is 5.87. The number of nitrogens with zero attached hydrogens (tertiary/aromatic N) is 3. The van der Waals surface area contributed by atoms with E-state index in [2.05, 4.69) is 15.2 Å². The molecule has 2 saturated heterocycles. The van der Waals surface area contributed by atoms with E-state index < -0.39 is 0 Å². The van der Waals surface area contributed by atoms with Crippen LogP contribution in [0.2, 0.25) is 5.15 Å². The van der Waals surface area contributed by atoms with Crippen molar-refractivity contribution in [2.45, 2.75) is 18.9 Å². The topological polar surface area (TPSA) is 49.6 Å². The van der Waals surface area contributed by atoms with Crippen LogP contribution in [0.15, 0.2) is 24.5 Å². The maximum absolute atomic E-state index is 12.4. The minimum atomic E-state index is -0.0240. The molecule has 2 aromatic heterocycles. The summed E-state index contributed by atoms with van der Waals surface area (Å²) in [4.78, 5) is 19.0. The van der Waals surface area contributed by atoms with E-state index in [4.69, 9.17) is 11.6 Å². The van der Waals surface area contributed by atoms with E-state index in [1.54, 1.807) is 18.3 Å². The fourth-order valence-electron chi connectivity index (χ4n) is 3.53. The number of halogens is 1. The van der Waals surface area contributed by atoms with Gasteiger partial charge in [-0.25, -0.2) is 4.98 Å². The first kappa shape index (κ1) is 13.1. The van der Waals surface area contributed by atoms with Gasteiger partial charge in [-0.15, -0.1) is 0 Å². The molecule has 5 nitrogen and oxygen atoms in total. The number of piperidine rings is 1. The summed E-state index contributed by atoms with van der Waals surface area (Å²) in [6.45, 7) is 3.35. The zero-order valence-electron chi connectivity index (χ0n) is 11.6. The molecule has 21 heavy (non-hydrogen) atoms. The minimum absolute atomic E-state index is 0.0240. The van der Waals surface area contributed by atoms with E-state index in [-0.39, 0.29) is 11.9 Å². The maximum Gasteiger partial charge on any atom is 0.251 e. The summed E-state index contributed by atoms with van der Waals surface area (Å²) < 4.78 is 1.81. The molecule has 0 spiro atoms. The number of amides is 1. The number of aromatic nitrogens is 2. The van der Waals surface area contributed by atoms with E-state index >= 15 is 0 Å². The first-order valence-corrected chi connectivity index (χ1v) is 7.72. The molecule has 2 unspecified atom stereocenters. The van der Waals surface area contributed by atoms with Crippen LogP contribution in [0.25, 0.3) is 5.65 Å². The van der Waals surface area contributed by atoms with Crippen molar-refractivity contribution >= 4 is 23.2 Å². The lowest BCUT2D eigenvalue weighted by Crippen LogP contribution is -2.47. The fourth-order valence-corrected chi connectivity index (χ4v) is 3.72. The lowest BCUT2D eigenvalue weighted by atomic mass is 9.96. The molecule has 4 rings (SSSR count). The summed E-state index contributed by atoms with van der Waals surface area (Å²) in [5.74, 6) is 0.724. The highest BCUT2D eigenvalue weighted by molar-refractivity contribution is 6.29. The standard InChI is InChI=1S/C15H17ClN4O/c16-13-9-20-4-2-11(6-14(20)18-13)15(21)17-12-5-10-1-3-19(7-10)8-12/h2,4,6,9-10,12H,1,3,5,7-8H2,(H,17,21)/t10?,12-/m1/s1. The number of carbonyl (C=O) groups excluding carboxylic acids is 1. The number of hydrogen-bond acceptors (Lipinski definition) is 3. The van der Waals surface area contributed by atoms with Crippen LogP contribution in [0.5, 0.6) is 0 Å². The van der Waals surface area contributed by atoms with E-state index in [1.165, 1.54) is 19.5 Å². The Hall–Kier alpha value is -1.59. The van der Waals surface area contributed by atoms with Gasteiger partial charge in [0.25, 0.3) is 5.91 Å². The number of carbonyl (C=O) groups is 1. The molecule has 2 aromatic rings. The molecule has 1 N–H and O–H groups in total. The second-order valence-corrected chi connectivity index (χ2v) is 6.45. The minimum Gasteiger partial charge on any atom is -0.348 e. The van der Waals surface area contributed by atoms with Crippen LogP contribution < -0.4 is 5.32 Å². The monoisotopic (exact) mass is 304 g/mol. The lowest BCUT2D eigenvalue weighted by Gasteiger charge is -2.30. The highest BCUT2D eigenvalue weighted by Gasteiger charge is 2.32. The summed E-state index contributed by atoms with van der Waals surface area (Å²) in [7, 11) is 0. The van der Waals surface area contributed by atoms with Crippen LogP contribution in [0, 0.1) is 5.92 Å². The second-order valence-electron chi connectivity index (χ2n) is 6.06. The molecule has 0 aromatic carbocycles. The summed E-state index contributed by atoms with van der Waals surface area (Å²) in [6.07, 6.45) is 5.91. The van der Waals surface area contributed by atoms with Crippen LogP contribution in [-0.2, 0) is 0 Å². The quantitative estimate of drug-likeness (QED) is 0.920. The molecule has 3 atom stereocenters. The molecule has 110 valence electrons. The lowest BCUT2D eigenvalue weighted by molar-refractivity contribution is 0.0909. The van der Waals surface area contributed by atoms with Gasteiger partial charge in [0.2, 0.25) is 0 Å². The molecular weight excluding hydrogens is 288 g/mol. The Balaban J connectivity index is 1.50. The molecule has 6 heteroatoms. The number of rotatable bonds is 2. The van der Waals surface area contributed by atoms with Crippen molar-refractivity contribution in [1.82, 2.24) is 19.6 Å². The first-order chi connectivity index (χ1) is 10.2. The normalized spacial score (nSPS) is 28.0. The fraction of sp³-hybridized carbons (Fsp3) is 0.467. The average Bonchev–Trinajstić information content (AvgIpc) is 2.99. The van der Waals surface area contributed by atoms with Gasteiger partial charge in [-0.1, -0.05) is 11.6 Å². The Kier molecular flexibility index (Phi) is 3.12. The van der Waals surface area contributed by atoms with Gasteiger partial charge < -0.3 is 14.6 Å². The van der Waals surface area contributed by atoms with Crippen molar-refractivity contribution in [1.29, 1.82) is 0 Å². The highest BCUT2D eigenvalue weighted by Crippen LogP contribution is 2.26. The third-order valence-corrected chi connectivity index (χ3v) is 4.68. The van der Waals surface area contributed by atoms with Crippen molar-refractivity contribution < 1.29 is 4.79 Å². The molecule has 0 radical (unpaired) electrons. The number of hydrogen-bond donors (Lipinski definition) is 1. The summed E-state index contributed by atoms with van der Waals surface area (Å²) in [5.41, 5.74) is 1.33. The third kappa shape index (κ3) is 2.51. The molecule has 0 aliphatic carbocycles. The van der Waals surface area contributed by atoms with Crippen molar-refractivity contribution in [2.24, 2.45) is 5.92 Å². The molecule has 2 bridgehead atoms. The Bertz CT molecular complexity index is 686. The Morgan fingerprint density at radius 1 is 1.43 bits per heavy atom. The largest absolute Gasteiger partial charge is 0.348 e. The number of pyridine rings is 1. The van der Waals surface area contributed by atoms with Crippen LogP contribution in [0.1, 0.15) is 23.2 Å². The van der Waals surface area contributed by atoms with Crippen molar-refractivity contribution in [3.8, 4) is 0 Å². The van der Waals surface area contributed by atoms with Crippen LogP contribution in [0.4, 0.5) is 0 Å². The molecular formula is C15H17ClN4O. The molecule has 2 aliphatic heterocycles. The van der Waals surface area contributed by atoms with Crippen molar-refractivity contribution in [3.05, 3.63) is 35.2 Å². The zero-order chi connectivity index (χ0) is 14.4. The smallest absolute Gasteiger partial charge is 0.251 e. The molecule has 2 fully saturated rings. The zero-order valence-corrected chi connectivity index (χ0v) is 12.4. The second kappa shape index (κ2) is 5.00.